The zero-order valence-electron chi connectivity index (χ0n) is 28.4. The van der Waals surface area contributed by atoms with Crippen molar-refractivity contribution in [2.45, 2.75) is 0 Å². The molecule has 0 saturated heterocycles. The van der Waals surface area contributed by atoms with E-state index in [1.165, 1.54) is 10.8 Å². The summed E-state index contributed by atoms with van der Waals surface area (Å²) < 4.78 is 11.2. The molecule has 0 aliphatic heterocycles. The summed E-state index contributed by atoms with van der Waals surface area (Å²) in [7, 11) is 0. The summed E-state index contributed by atoms with van der Waals surface area (Å²) in [5, 5.41) is 10.2. The first-order valence-corrected chi connectivity index (χ1v) is 17.9. The summed E-state index contributed by atoms with van der Waals surface area (Å²) in [5.74, 6) is 0.635. The molecule has 0 aliphatic carbocycles. The molecular formula is C48H28N4O. The fourth-order valence-electron chi connectivity index (χ4n) is 8.54. The van der Waals surface area contributed by atoms with E-state index in [1.807, 2.05) is 18.2 Å². The van der Waals surface area contributed by atoms with Gasteiger partial charge in [0.25, 0.3) is 0 Å². The Kier molecular flexibility index (Phi) is 5.71. The van der Waals surface area contributed by atoms with Crippen molar-refractivity contribution in [1.29, 1.82) is 0 Å². The van der Waals surface area contributed by atoms with Gasteiger partial charge in [0.2, 0.25) is 5.95 Å². The van der Waals surface area contributed by atoms with Crippen LogP contribution in [0.15, 0.2) is 174 Å². The fraction of sp³-hybridized carbons (Fsp3) is 0. The van der Waals surface area contributed by atoms with Crippen molar-refractivity contribution in [2.24, 2.45) is 0 Å². The minimum absolute atomic E-state index is 0.635. The van der Waals surface area contributed by atoms with Crippen molar-refractivity contribution < 1.29 is 4.42 Å². The van der Waals surface area contributed by atoms with Gasteiger partial charge < -0.3 is 8.98 Å². The lowest BCUT2D eigenvalue weighted by Gasteiger charge is -2.14. The van der Waals surface area contributed by atoms with Crippen LogP contribution in [0.25, 0.3) is 110 Å². The van der Waals surface area contributed by atoms with Crippen LogP contribution in [-0.4, -0.2) is 19.1 Å². The minimum Gasteiger partial charge on any atom is -0.456 e. The first kappa shape index (κ1) is 28.5. The number of benzene rings is 8. The molecule has 0 amide bonds. The van der Waals surface area contributed by atoms with Crippen LogP contribution < -0.4 is 0 Å². The van der Waals surface area contributed by atoms with E-state index in [-0.39, 0.29) is 0 Å². The predicted molar refractivity (Wildman–Crippen MR) is 218 cm³/mol. The molecule has 53 heavy (non-hydrogen) atoms. The second-order valence-corrected chi connectivity index (χ2v) is 13.8. The topological polar surface area (TPSA) is 48.8 Å². The molecule has 0 saturated carbocycles. The van der Waals surface area contributed by atoms with Crippen LogP contribution >= 0.6 is 0 Å². The van der Waals surface area contributed by atoms with E-state index < -0.39 is 0 Å². The van der Waals surface area contributed by atoms with E-state index in [0.717, 1.165) is 93.4 Å². The minimum atomic E-state index is 0.635. The van der Waals surface area contributed by atoms with Gasteiger partial charge in [0.05, 0.1) is 33.3 Å². The van der Waals surface area contributed by atoms with E-state index in [9.17, 15) is 0 Å². The van der Waals surface area contributed by atoms with Gasteiger partial charge in [-0.3, -0.25) is 4.57 Å². The lowest BCUT2D eigenvalue weighted by Crippen LogP contribution is -2.04. The van der Waals surface area contributed by atoms with Gasteiger partial charge in [-0.2, -0.15) is 0 Å². The highest BCUT2D eigenvalue weighted by atomic mass is 16.3. The van der Waals surface area contributed by atoms with Crippen LogP contribution in [0, 0.1) is 0 Å². The fourth-order valence-corrected chi connectivity index (χ4v) is 8.54. The second kappa shape index (κ2) is 10.6. The number of fused-ring (bicyclic) bond motifs is 12. The number of hydrogen-bond acceptors (Lipinski definition) is 3. The van der Waals surface area contributed by atoms with Gasteiger partial charge in [0, 0.05) is 55.0 Å². The predicted octanol–water partition coefficient (Wildman–Crippen LogP) is 12.5. The standard InChI is InChI=1S/C48H28N4O/c1-2-13-30(14-3-1)45-37-18-6-9-19-40(37)49-48(50-45)52-41-20-10-7-16-33(41)35-24-25-36-38-27-39-34-17-8-11-21-43(34)53-44(39)28-42(38)51(46(36)47(35)52)32-23-22-29-12-4-5-15-31(29)26-32/h1-28H. The lowest BCUT2D eigenvalue weighted by atomic mass is 10.1. The van der Waals surface area contributed by atoms with Gasteiger partial charge in [-0.1, -0.05) is 127 Å². The van der Waals surface area contributed by atoms with E-state index in [1.54, 1.807) is 0 Å². The highest BCUT2D eigenvalue weighted by Gasteiger charge is 2.24. The van der Waals surface area contributed by atoms with E-state index in [4.69, 9.17) is 14.4 Å². The number of nitrogens with zero attached hydrogens (tertiary/aromatic N) is 4. The smallest absolute Gasteiger partial charge is 0.235 e. The second-order valence-electron chi connectivity index (χ2n) is 13.8. The van der Waals surface area contributed by atoms with Crippen LogP contribution in [0.3, 0.4) is 0 Å². The molecule has 5 nitrogen and oxygen atoms in total. The molecule has 246 valence electrons. The molecule has 0 spiro atoms. The zero-order valence-corrected chi connectivity index (χ0v) is 28.4. The van der Waals surface area contributed by atoms with Crippen LogP contribution in [0.2, 0.25) is 0 Å². The van der Waals surface area contributed by atoms with Gasteiger partial charge in [0.1, 0.15) is 11.2 Å². The largest absolute Gasteiger partial charge is 0.456 e. The summed E-state index contributed by atoms with van der Waals surface area (Å²) in [5.41, 5.74) is 9.99. The Morgan fingerprint density at radius 3 is 1.98 bits per heavy atom. The molecule has 8 aromatic carbocycles. The molecule has 0 fully saturated rings. The highest BCUT2D eigenvalue weighted by Crippen LogP contribution is 2.44. The first-order chi connectivity index (χ1) is 26.3. The average molecular weight is 677 g/mol. The highest BCUT2D eigenvalue weighted by molar-refractivity contribution is 6.26. The van der Waals surface area contributed by atoms with Crippen molar-refractivity contribution in [1.82, 2.24) is 19.1 Å². The van der Waals surface area contributed by atoms with Gasteiger partial charge in [-0.25, -0.2) is 9.97 Å². The molecule has 0 aliphatic rings. The Morgan fingerprint density at radius 2 is 1.09 bits per heavy atom. The first-order valence-electron chi connectivity index (χ1n) is 17.9. The summed E-state index contributed by atoms with van der Waals surface area (Å²) in [6, 6.07) is 60.0. The molecule has 0 bridgehead atoms. The third kappa shape index (κ3) is 4.02. The normalized spacial score (nSPS) is 12.2. The Hall–Kier alpha value is -7.24. The van der Waals surface area contributed by atoms with Crippen molar-refractivity contribution in [3.8, 4) is 22.9 Å². The molecule has 4 heterocycles. The van der Waals surface area contributed by atoms with Crippen LogP contribution in [-0.2, 0) is 0 Å². The number of furan rings is 1. The number of aromatic nitrogens is 4. The van der Waals surface area contributed by atoms with E-state index in [2.05, 4.69) is 161 Å². The van der Waals surface area contributed by atoms with Crippen LogP contribution in [0.5, 0.6) is 0 Å². The SMILES string of the molecule is c1ccc(-c2nc(-n3c4ccccc4c4ccc5c6cc7c(cc6n(-c6ccc8ccccc8c6)c5c43)oc3ccccc37)nc3ccccc23)cc1. The van der Waals surface area contributed by atoms with E-state index >= 15 is 0 Å². The maximum Gasteiger partial charge on any atom is 0.235 e. The Labute approximate surface area is 302 Å². The molecule has 0 N–H and O–H groups in total. The zero-order chi connectivity index (χ0) is 34.6. The van der Waals surface area contributed by atoms with Crippen molar-refractivity contribution in [3.63, 3.8) is 0 Å². The van der Waals surface area contributed by atoms with Gasteiger partial charge >= 0.3 is 0 Å². The third-order valence-corrected chi connectivity index (χ3v) is 10.9. The van der Waals surface area contributed by atoms with Gasteiger partial charge in [-0.05, 0) is 47.2 Å². The van der Waals surface area contributed by atoms with Crippen LogP contribution in [0.1, 0.15) is 0 Å². The van der Waals surface area contributed by atoms with E-state index in [0.29, 0.717) is 5.95 Å². The van der Waals surface area contributed by atoms with Gasteiger partial charge in [0.15, 0.2) is 0 Å². The summed E-state index contributed by atoms with van der Waals surface area (Å²) in [4.78, 5) is 10.7. The third-order valence-electron chi connectivity index (χ3n) is 10.9. The van der Waals surface area contributed by atoms with Crippen molar-refractivity contribution in [2.75, 3.05) is 0 Å². The molecule has 12 rings (SSSR count). The van der Waals surface area contributed by atoms with Crippen molar-refractivity contribution >= 4 is 87.2 Å². The van der Waals surface area contributed by atoms with Crippen molar-refractivity contribution in [3.05, 3.63) is 170 Å². The lowest BCUT2D eigenvalue weighted by molar-refractivity contribution is 0.669. The molecule has 0 unspecified atom stereocenters. The Balaban J connectivity index is 1.29. The van der Waals surface area contributed by atoms with Gasteiger partial charge in [-0.15, -0.1) is 0 Å². The molecule has 12 aromatic rings. The molecular weight excluding hydrogens is 649 g/mol. The molecule has 0 radical (unpaired) electrons. The van der Waals surface area contributed by atoms with Crippen LogP contribution in [0.4, 0.5) is 0 Å². The monoisotopic (exact) mass is 676 g/mol. The number of rotatable bonds is 3. The summed E-state index contributed by atoms with van der Waals surface area (Å²) in [6.45, 7) is 0. The maximum absolute atomic E-state index is 6.50. The molecule has 4 aromatic heterocycles. The number of para-hydroxylation sites is 3. The summed E-state index contributed by atoms with van der Waals surface area (Å²) >= 11 is 0. The maximum atomic E-state index is 6.50. The molecule has 5 heteroatoms. The number of hydrogen-bond donors (Lipinski definition) is 0. The average Bonchev–Trinajstić information content (AvgIpc) is 3.87. The Morgan fingerprint density at radius 1 is 0.396 bits per heavy atom. The molecule has 0 atom stereocenters. The Bertz CT molecular complexity index is 3460. The quantitative estimate of drug-likeness (QED) is 0.187. The summed E-state index contributed by atoms with van der Waals surface area (Å²) in [6.07, 6.45) is 0.